The Morgan fingerprint density at radius 2 is 1.95 bits per heavy atom. The summed E-state index contributed by atoms with van der Waals surface area (Å²) in [7, 11) is -3.43. The van der Waals surface area contributed by atoms with E-state index in [0.717, 1.165) is 6.42 Å². The lowest BCUT2D eigenvalue weighted by molar-refractivity contribution is 0.465. The number of rotatable bonds is 7. The SMILES string of the molecule is CC(C)CC(CN)NS(=O)(=O)Cc1ccccc1Cl. The standard InChI is InChI=1S/C13H21ClN2O2S/c1-10(2)7-12(8-15)16-19(17,18)9-11-5-3-4-6-13(11)14/h3-6,10,12,16H,7-9,15H2,1-2H3. The van der Waals surface area contributed by atoms with Gasteiger partial charge in [0.2, 0.25) is 10.0 Å². The second kappa shape index (κ2) is 7.24. The molecule has 0 aliphatic carbocycles. The first kappa shape index (κ1) is 16.4. The van der Waals surface area contributed by atoms with E-state index < -0.39 is 10.0 Å². The molecule has 0 saturated heterocycles. The van der Waals surface area contributed by atoms with Crippen LogP contribution in [0.25, 0.3) is 0 Å². The Balaban J connectivity index is 2.73. The minimum Gasteiger partial charge on any atom is -0.329 e. The molecule has 0 bridgehead atoms. The van der Waals surface area contributed by atoms with E-state index in [1.54, 1.807) is 24.3 Å². The first-order chi connectivity index (χ1) is 8.84. The van der Waals surface area contributed by atoms with E-state index in [1.807, 2.05) is 13.8 Å². The highest BCUT2D eigenvalue weighted by atomic mass is 35.5. The lowest BCUT2D eigenvalue weighted by Gasteiger charge is -2.19. The Hall–Kier alpha value is -0.620. The van der Waals surface area contributed by atoms with Gasteiger partial charge in [-0.05, 0) is 24.0 Å². The Morgan fingerprint density at radius 1 is 1.32 bits per heavy atom. The Morgan fingerprint density at radius 3 is 2.47 bits per heavy atom. The number of benzene rings is 1. The molecule has 0 fully saturated rings. The van der Waals surface area contributed by atoms with Crippen molar-refractivity contribution in [2.24, 2.45) is 11.7 Å². The highest BCUT2D eigenvalue weighted by Gasteiger charge is 2.19. The molecule has 3 N–H and O–H groups in total. The molecule has 0 aromatic heterocycles. The molecule has 108 valence electrons. The maximum atomic E-state index is 12.1. The summed E-state index contributed by atoms with van der Waals surface area (Å²) >= 11 is 5.97. The van der Waals surface area contributed by atoms with Crippen molar-refractivity contribution in [1.82, 2.24) is 4.72 Å². The van der Waals surface area contributed by atoms with Crippen LogP contribution in [0.1, 0.15) is 25.8 Å². The third-order valence-corrected chi connectivity index (χ3v) is 4.44. The first-order valence-electron chi connectivity index (χ1n) is 6.27. The average Bonchev–Trinajstić information content (AvgIpc) is 2.30. The van der Waals surface area contributed by atoms with Gasteiger partial charge < -0.3 is 5.73 Å². The molecule has 0 amide bonds. The number of hydrogen-bond acceptors (Lipinski definition) is 3. The number of halogens is 1. The van der Waals surface area contributed by atoms with Gasteiger partial charge in [0.25, 0.3) is 0 Å². The summed E-state index contributed by atoms with van der Waals surface area (Å²) in [5.41, 5.74) is 6.19. The second-order valence-electron chi connectivity index (χ2n) is 5.03. The van der Waals surface area contributed by atoms with Crippen LogP contribution in [-0.2, 0) is 15.8 Å². The van der Waals surface area contributed by atoms with Crippen molar-refractivity contribution in [3.8, 4) is 0 Å². The molecule has 19 heavy (non-hydrogen) atoms. The van der Waals surface area contributed by atoms with Crippen molar-refractivity contribution in [2.45, 2.75) is 32.1 Å². The summed E-state index contributed by atoms with van der Waals surface area (Å²) in [6, 6.07) is 6.70. The molecule has 0 heterocycles. The summed E-state index contributed by atoms with van der Waals surface area (Å²) in [5.74, 6) is 0.262. The summed E-state index contributed by atoms with van der Waals surface area (Å²) in [6.45, 7) is 4.36. The molecule has 1 aromatic rings. The lowest BCUT2D eigenvalue weighted by Crippen LogP contribution is -2.41. The lowest BCUT2D eigenvalue weighted by atomic mass is 10.1. The molecule has 0 aliphatic heterocycles. The van der Waals surface area contributed by atoms with Gasteiger partial charge in [0.15, 0.2) is 0 Å². The first-order valence-corrected chi connectivity index (χ1v) is 8.30. The van der Waals surface area contributed by atoms with E-state index in [0.29, 0.717) is 23.0 Å². The van der Waals surface area contributed by atoms with Crippen molar-refractivity contribution in [3.05, 3.63) is 34.9 Å². The molecule has 0 aliphatic rings. The smallest absolute Gasteiger partial charge is 0.216 e. The fourth-order valence-corrected chi connectivity index (χ4v) is 3.60. The van der Waals surface area contributed by atoms with Crippen molar-refractivity contribution in [3.63, 3.8) is 0 Å². The van der Waals surface area contributed by atoms with Crippen LogP contribution < -0.4 is 10.5 Å². The minimum absolute atomic E-state index is 0.124. The third kappa shape index (κ3) is 5.91. The zero-order valence-electron chi connectivity index (χ0n) is 11.3. The van der Waals surface area contributed by atoms with Gasteiger partial charge in [-0.3, -0.25) is 0 Å². The Labute approximate surface area is 120 Å². The van der Waals surface area contributed by atoms with Crippen LogP contribution in [0.2, 0.25) is 5.02 Å². The predicted molar refractivity (Wildman–Crippen MR) is 79.5 cm³/mol. The molecule has 1 atom stereocenters. The average molecular weight is 305 g/mol. The van der Waals surface area contributed by atoms with Crippen LogP contribution in [0, 0.1) is 5.92 Å². The summed E-state index contributed by atoms with van der Waals surface area (Å²) in [4.78, 5) is 0. The number of sulfonamides is 1. The zero-order valence-corrected chi connectivity index (χ0v) is 12.8. The van der Waals surface area contributed by atoms with Crippen LogP contribution in [0.15, 0.2) is 24.3 Å². The molecular formula is C13H21ClN2O2S. The van der Waals surface area contributed by atoms with Gasteiger partial charge in [0.05, 0.1) is 5.75 Å². The van der Waals surface area contributed by atoms with Crippen molar-refractivity contribution >= 4 is 21.6 Å². The fraction of sp³-hybridized carbons (Fsp3) is 0.538. The molecule has 1 unspecified atom stereocenters. The van der Waals surface area contributed by atoms with Crippen molar-refractivity contribution < 1.29 is 8.42 Å². The maximum Gasteiger partial charge on any atom is 0.216 e. The van der Waals surface area contributed by atoms with Gasteiger partial charge in [0.1, 0.15) is 0 Å². The quantitative estimate of drug-likeness (QED) is 0.810. The Bertz CT molecular complexity index is 503. The van der Waals surface area contributed by atoms with Gasteiger partial charge in [-0.25, -0.2) is 13.1 Å². The number of nitrogens with two attached hydrogens (primary N) is 1. The highest BCUT2D eigenvalue weighted by molar-refractivity contribution is 7.88. The van der Waals surface area contributed by atoms with Gasteiger partial charge in [-0.2, -0.15) is 0 Å². The van der Waals surface area contributed by atoms with E-state index in [-0.39, 0.29) is 11.8 Å². The van der Waals surface area contributed by atoms with Gasteiger partial charge in [-0.15, -0.1) is 0 Å². The van der Waals surface area contributed by atoms with E-state index in [4.69, 9.17) is 17.3 Å². The molecule has 0 saturated carbocycles. The van der Waals surface area contributed by atoms with Gasteiger partial charge >= 0.3 is 0 Å². The van der Waals surface area contributed by atoms with Crippen molar-refractivity contribution in [1.29, 1.82) is 0 Å². The van der Waals surface area contributed by atoms with Crippen LogP contribution >= 0.6 is 11.6 Å². The van der Waals surface area contributed by atoms with Gasteiger partial charge in [-0.1, -0.05) is 43.6 Å². The van der Waals surface area contributed by atoms with Gasteiger partial charge in [0, 0.05) is 17.6 Å². The summed E-state index contributed by atoms with van der Waals surface area (Å²) < 4.78 is 26.8. The van der Waals surface area contributed by atoms with E-state index in [9.17, 15) is 8.42 Å². The van der Waals surface area contributed by atoms with E-state index in [1.165, 1.54) is 0 Å². The third-order valence-electron chi connectivity index (χ3n) is 2.69. The fourth-order valence-electron chi connectivity index (χ4n) is 1.88. The number of nitrogens with one attached hydrogen (secondary N) is 1. The van der Waals surface area contributed by atoms with Crippen LogP contribution in [0.4, 0.5) is 0 Å². The topological polar surface area (TPSA) is 72.2 Å². The number of hydrogen-bond donors (Lipinski definition) is 2. The van der Waals surface area contributed by atoms with E-state index >= 15 is 0 Å². The normalized spacial score (nSPS) is 13.7. The maximum absolute atomic E-state index is 12.1. The molecule has 4 nitrogen and oxygen atoms in total. The van der Waals surface area contributed by atoms with Crippen molar-refractivity contribution in [2.75, 3.05) is 6.54 Å². The second-order valence-corrected chi connectivity index (χ2v) is 7.19. The van der Waals surface area contributed by atoms with Crippen LogP contribution in [0.3, 0.4) is 0 Å². The highest BCUT2D eigenvalue weighted by Crippen LogP contribution is 2.17. The molecule has 1 aromatic carbocycles. The molecule has 0 spiro atoms. The zero-order chi connectivity index (χ0) is 14.5. The molecule has 6 heteroatoms. The predicted octanol–water partition coefficient (Wildman–Crippen LogP) is 2.13. The minimum atomic E-state index is -3.43. The Kier molecular flexibility index (Phi) is 6.26. The largest absolute Gasteiger partial charge is 0.329 e. The van der Waals surface area contributed by atoms with Crippen LogP contribution in [0.5, 0.6) is 0 Å². The monoisotopic (exact) mass is 304 g/mol. The summed E-state index contributed by atoms with van der Waals surface area (Å²) in [6.07, 6.45) is 0.720. The van der Waals surface area contributed by atoms with E-state index in [2.05, 4.69) is 4.72 Å². The molecular weight excluding hydrogens is 284 g/mol. The van der Waals surface area contributed by atoms with Crippen LogP contribution in [-0.4, -0.2) is 21.0 Å². The molecule has 0 radical (unpaired) electrons. The molecule has 1 rings (SSSR count). The summed E-state index contributed by atoms with van der Waals surface area (Å²) in [5, 5.41) is 0.459.